The van der Waals surface area contributed by atoms with Gasteiger partial charge in [0.05, 0.1) is 12.7 Å². The van der Waals surface area contributed by atoms with Gasteiger partial charge in [0.15, 0.2) is 5.69 Å². The van der Waals surface area contributed by atoms with Gasteiger partial charge >= 0.3 is 0 Å². The van der Waals surface area contributed by atoms with Crippen LogP contribution in [0.5, 0.6) is 0 Å². The summed E-state index contributed by atoms with van der Waals surface area (Å²) in [6.07, 6.45) is 7.06. The lowest BCUT2D eigenvalue weighted by Gasteiger charge is -2.37. The van der Waals surface area contributed by atoms with Crippen molar-refractivity contribution in [1.29, 1.82) is 0 Å². The van der Waals surface area contributed by atoms with Gasteiger partial charge in [0, 0.05) is 37.2 Å². The molecular formula is C19H24ClN5O. The molecule has 1 aromatic heterocycles. The zero-order valence-corrected chi connectivity index (χ0v) is 15.6. The van der Waals surface area contributed by atoms with Crippen molar-refractivity contribution in [2.45, 2.75) is 38.3 Å². The van der Waals surface area contributed by atoms with Gasteiger partial charge in [0.1, 0.15) is 0 Å². The molecule has 0 bridgehead atoms. The highest BCUT2D eigenvalue weighted by Gasteiger charge is 2.29. The van der Waals surface area contributed by atoms with Crippen LogP contribution in [-0.2, 0) is 6.54 Å². The summed E-state index contributed by atoms with van der Waals surface area (Å²) in [4.78, 5) is 17.2. The monoisotopic (exact) mass is 373 g/mol. The number of benzene rings is 1. The number of halogens is 1. The first-order chi connectivity index (χ1) is 12.7. The van der Waals surface area contributed by atoms with Gasteiger partial charge in [-0.1, -0.05) is 41.8 Å². The van der Waals surface area contributed by atoms with E-state index in [-0.39, 0.29) is 5.91 Å². The molecule has 0 atom stereocenters. The van der Waals surface area contributed by atoms with Crippen LogP contribution in [0.4, 0.5) is 0 Å². The molecule has 1 aliphatic heterocycles. The first kappa shape index (κ1) is 17.5. The third-order valence-electron chi connectivity index (χ3n) is 5.46. The van der Waals surface area contributed by atoms with E-state index in [9.17, 15) is 4.79 Å². The van der Waals surface area contributed by atoms with Gasteiger partial charge < -0.3 is 4.90 Å². The number of hydrogen-bond donors (Lipinski definition) is 0. The molecule has 4 rings (SSSR count). The average Bonchev–Trinajstić information content (AvgIpc) is 3.35. The second-order valence-corrected chi connectivity index (χ2v) is 7.63. The number of nitrogens with zero attached hydrogens (tertiary/aromatic N) is 5. The summed E-state index contributed by atoms with van der Waals surface area (Å²) < 4.78 is 1.70. The molecule has 2 aliphatic rings. The number of hydrogen-bond acceptors (Lipinski definition) is 4. The molecule has 1 saturated carbocycles. The first-order valence-corrected chi connectivity index (χ1v) is 9.75. The van der Waals surface area contributed by atoms with E-state index < -0.39 is 0 Å². The fourth-order valence-electron chi connectivity index (χ4n) is 3.97. The summed E-state index contributed by atoms with van der Waals surface area (Å²) in [5.74, 6) is -0.0153. The minimum absolute atomic E-state index is 0.0153. The molecule has 0 spiro atoms. The lowest BCUT2D eigenvalue weighted by molar-refractivity contribution is 0.0568. The second kappa shape index (κ2) is 7.76. The molecule has 26 heavy (non-hydrogen) atoms. The van der Waals surface area contributed by atoms with Crippen LogP contribution >= 0.6 is 11.6 Å². The Hall–Kier alpha value is -1.92. The van der Waals surface area contributed by atoms with Crippen molar-refractivity contribution in [3.05, 3.63) is 46.7 Å². The fourth-order valence-corrected chi connectivity index (χ4v) is 4.10. The zero-order chi connectivity index (χ0) is 17.9. The summed E-state index contributed by atoms with van der Waals surface area (Å²) in [6.45, 7) is 4.07. The van der Waals surface area contributed by atoms with Crippen LogP contribution < -0.4 is 0 Å². The zero-order valence-electron chi connectivity index (χ0n) is 14.9. The van der Waals surface area contributed by atoms with E-state index in [4.69, 9.17) is 11.6 Å². The largest absolute Gasteiger partial charge is 0.335 e. The molecule has 6 nitrogen and oxygen atoms in total. The highest BCUT2D eigenvalue weighted by Crippen LogP contribution is 2.24. The van der Waals surface area contributed by atoms with Gasteiger partial charge in [-0.05, 0) is 30.5 Å². The maximum absolute atomic E-state index is 12.7. The molecule has 2 aromatic rings. The summed E-state index contributed by atoms with van der Waals surface area (Å²) in [5.41, 5.74) is 1.50. The maximum atomic E-state index is 12.7. The molecular weight excluding hydrogens is 350 g/mol. The van der Waals surface area contributed by atoms with E-state index in [2.05, 4.69) is 15.2 Å². The molecule has 0 radical (unpaired) electrons. The Morgan fingerprint density at radius 1 is 1.08 bits per heavy atom. The fraction of sp³-hybridized carbons (Fsp3) is 0.526. The molecule has 7 heteroatoms. The normalized spacial score (nSPS) is 19.2. The number of carbonyl (C=O) groups excluding carboxylic acids is 1. The van der Waals surface area contributed by atoms with Crippen molar-refractivity contribution in [3.63, 3.8) is 0 Å². The van der Waals surface area contributed by atoms with E-state index in [1.165, 1.54) is 25.7 Å². The summed E-state index contributed by atoms with van der Waals surface area (Å²) in [7, 11) is 0. The number of aromatic nitrogens is 3. The maximum Gasteiger partial charge on any atom is 0.276 e. The summed E-state index contributed by atoms with van der Waals surface area (Å²) in [6, 6.07) is 8.34. The molecule has 0 N–H and O–H groups in total. The summed E-state index contributed by atoms with van der Waals surface area (Å²) in [5, 5.41) is 8.90. The Kier molecular flexibility index (Phi) is 5.22. The Morgan fingerprint density at radius 2 is 1.77 bits per heavy atom. The first-order valence-electron chi connectivity index (χ1n) is 9.37. The van der Waals surface area contributed by atoms with Crippen LogP contribution in [0.25, 0.3) is 0 Å². The Bertz CT molecular complexity index is 746. The predicted molar refractivity (Wildman–Crippen MR) is 100 cm³/mol. The van der Waals surface area contributed by atoms with Crippen molar-refractivity contribution >= 4 is 17.5 Å². The van der Waals surface area contributed by atoms with E-state index >= 15 is 0 Å². The van der Waals surface area contributed by atoms with Gasteiger partial charge in [-0.25, -0.2) is 4.68 Å². The summed E-state index contributed by atoms with van der Waals surface area (Å²) >= 11 is 5.91. The Balaban J connectivity index is 1.34. The van der Waals surface area contributed by atoms with E-state index in [1.807, 2.05) is 29.2 Å². The SMILES string of the molecule is O=C(c1cn(Cc2ccc(Cl)cc2)nn1)N1CCN(C2CCCC2)CC1. The molecule has 138 valence electrons. The number of amides is 1. The van der Waals surface area contributed by atoms with Crippen LogP contribution in [-0.4, -0.2) is 62.9 Å². The molecule has 2 fully saturated rings. The Morgan fingerprint density at radius 3 is 2.46 bits per heavy atom. The highest BCUT2D eigenvalue weighted by molar-refractivity contribution is 6.30. The average molecular weight is 374 g/mol. The third-order valence-corrected chi connectivity index (χ3v) is 5.71. The van der Waals surface area contributed by atoms with Crippen molar-refractivity contribution in [2.24, 2.45) is 0 Å². The third kappa shape index (κ3) is 3.91. The van der Waals surface area contributed by atoms with Crippen molar-refractivity contribution in [3.8, 4) is 0 Å². The van der Waals surface area contributed by atoms with Crippen molar-refractivity contribution < 1.29 is 4.79 Å². The van der Waals surface area contributed by atoms with Crippen LogP contribution in [0.3, 0.4) is 0 Å². The molecule has 2 heterocycles. The number of piperazine rings is 1. The molecule has 1 amide bonds. The molecule has 1 aliphatic carbocycles. The molecule has 0 unspecified atom stereocenters. The molecule has 1 aromatic carbocycles. The standard InChI is InChI=1S/C19H24ClN5O/c20-16-7-5-15(6-8-16)13-25-14-18(21-22-25)19(26)24-11-9-23(10-12-24)17-3-1-2-4-17/h5-8,14,17H,1-4,9-13H2. The van der Waals surface area contributed by atoms with Gasteiger partial charge in [-0.3, -0.25) is 9.69 Å². The van der Waals surface area contributed by atoms with Crippen molar-refractivity contribution in [1.82, 2.24) is 24.8 Å². The lowest BCUT2D eigenvalue weighted by atomic mass is 10.2. The van der Waals surface area contributed by atoms with Gasteiger partial charge in [-0.2, -0.15) is 0 Å². The van der Waals surface area contributed by atoms with Crippen LogP contribution in [0.15, 0.2) is 30.5 Å². The van der Waals surface area contributed by atoms with E-state index in [1.54, 1.807) is 10.9 Å². The minimum Gasteiger partial charge on any atom is -0.335 e. The van der Waals surface area contributed by atoms with E-state index in [0.29, 0.717) is 17.3 Å². The second-order valence-electron chi connectivity index (χ2n) is 7.19. The van der Waals surface area contributed by atoms with E-state index in [0.717, 1.165) is 37.8 Å². The van der Waals surface area contributed by atoms with Gasteiger partial charge in [0.25, 0.3) is 5.91 Å². The minimum atomic E-state index is -0.0153. The number of carbonyl (C=O) groups is 1. The van der Waals surface area contributed by atoms with Gasteiger partial charge in [-0.15, -0.1) is 5.10 Å². The van der Waals surface area contributed by atoms with Gasteiger partial charge in [0.2, 0.25) is 0 Å². The molecule has 1 saturated heterocycles. The Labute approximate surface area is 158 Å². The van der Waals surface area contributed by atoms with Crippen LogP contribution in [0, 0.1) is 0 Å². The number of rotatable bonds is 4. The predicted octanol–water partition coefficient (Wildman–Crippen LogP) is 2.68. The van der Waals surface area contributed by atoms with Crippen LogP contribution in [0.2, 0.25) is 5.02 Å². The smallest absolute Gasteiger partial charge is 0.276 e. The highest BCUT2D eigenvalue weighted by atomic mass is 35.5. The lowest BCUT2D eigenvalue weighted by Crippen LogP contribution is -2.51. The van der Waals surface area contributed by atoms with Crippen LogP contribution in [0.1, 0.15) is 41.7 Å². The topological polar surface area (TPSA) is 54.3 Å². The van der Waals surface area contributed by atoms with Crippen molar-refractivity contribution in [2.75, 3.05) is 26.2 Å². The quantitative estimate of drug-likeness (QED) is 0.826.